The zero-order valence-electron chi connectivity index (χ0n) is 16.2. The maximum Gasteiger partial charge on any atom is 0.231 e. The Kier molecular flexibility index (Phi) is 4.60. The molecule has 29 heavy (non-hydrogen) atoms. The van der Waals surface area contributed by atoms with Crippen LogP contribution in [-0.2, 0) is 11.3 Å². The number of ether oxygens (including phenoxy) is 3. The number of fused-ring (bicyclic) bond motifs is 2. The number of Topliss-reactive ketones (excluding diaryl/α,β-unsaturated/α-hetero) is 1. The minimum atomic E-state index is -0.353. The Morgan fingerprint density at radius 2 is 2.17 bits per heavy atom. The fraction of sp³-hybridized carbons (Fsp3) is 0.348. The molecule has 3 aliphatic rings. The molecule has 5 nitrogen and oxygen atoms in total. The van der Waals surface area contributed by atoms with Crippen molar-refractivity contribution in [2.45, 2.75) is 32.4 Å². The summed E-state index contributed by atoms with van der Waals surface area (Å²) in [4.78, 5) is 15.1. The third-order valence-electron chi connectivity index (χ3n) is 5.63. The van der Waals surface area contributed by atoms with Crippen LogP contribution in [-0.4, -0.2) is 36.7 Å². The summed E-state index contributed by atoms with van der Waals surface area (Å²) in [7, 11) is 0. The van der Waals surface area contributed by atoms with E-state index in [1.165, 1.54) is 12.1 Å². The second-order valence-electron chi connectivity index (χ2n) is 7.78. The Morgan fingerprint density at radius 1 is 1.28 bits per heavy atom. The maximum atomic E-state index is 13.5. The summed E-state index contributed by atoms with van der Waals surface area (Å²) in [5.41, 5.74) is 2.92. The Morgan fingerprint density at radius 3 is 2.97 bits per heavy atom. The van der Waals surface area contributed by atoms with E-state index >= 15 is 0 Å². The summed E-state index contributed by atoms with van der Waals surface area (Å²) in [5, 5.41) is 0. The first-order valence-corrected chi connectivity index (χ1v) is 9.91. The Bertz CT molecular complexity index is 1010. The summed E-state index contributed by atoms with van der Waals surface area (Å²) in [6, 6.07) is 7.95. The van der Waals surface area contributed by atoms with Gasteiger partial charge in [-0.15, -0.1) is 0 Å². The van der Waals surface area contributed by atoms with Crippen LogP contribution in [0.3, 0.4) is 0 Å². The molecule has 0 amide bonds. The highest BCUT2D eigenvalue weighted by atomic mass is 19.1. The average Bonchev–Trinajstić information content (AvgIpc) is 3.31. The molecule has 1 saturated heterocycles. The summed E-state index contributed by atoms with van der Waals surface area (Å²) < 4.78 is 31.1. The molecule has 3 aliphatic heterocycles. The fourth-order valence-electron chi connectivity index (χ4n) is 4.24. The number of benzene rings is 2. The molecule has 2 aromatic carbocycles. The van der Waals surface area contributed by atoms with Gasteiger partial charge in [-0.05, 0) is 49.6 Å². The predicted octanol–water partition coefficient (Wildman–Crippen LogP) is 4.08. The fourth-order valence-corrected chi connectivity index (χ4v) is 4.24. The highest BCUT2D eigenvalue weighted by Crippen LogP contribution is 2.43. The lowest BCUT2D eigenvalue weighted by Gasteiger charge is -2.31. The molecule has 0 radical (unpaired) electrons. The van der Waals surface area contributed by atoms with Crippen LogP contribution >= 0.6 is 0 Å². The lowest BCUT2D eigenvalue weighted by atomic mass is 10.00. The van der Waals surface area contributed by atoms with E-state index in [9.17, 15) is 9.18 Å². The van der Waals surface area contributed by atoms with Crippen molar-refractivity contribution < 1.29 is 23.4 Å². The average molecular weight is 395 g/mol. The summed E-state index contributed by atoms with van der Waals surface area (Å²) in [5.74, 6) is 0.975. The molecule has 1 unspecified atom stereocenters. The Hall–Kier alpha value is -2.70. The van der Waals surface area contributed by atoms with E-state index < -0.39 is 0 Å². The lowest BCUT2D eigenvalue weighted by molar-refractivity contribution is 0.0276. The SMILES string of the molecule is Cc1c2c(cc3c1O/C(=C\c1cccc(F)c1)C3=O)CN(CC1CCCO1)CO2. The van der Waals surface area contributed by atoms with Crippen molar-refractivity contribution >= 4 is 11.9 Å². The van der Waals surface area contributed by atoms with Crippen LogP contribution in [0.4, 0.5) is 4.39 Å². The minimum absolute atomic E-state index is 0.189. The van der Waals surface area contributed by atoms with Crippen molar-refractivity contribution in [3.05, 3.63) is 64.2 Å². The number of carbonyl (C=O) groups excluding carboxylic acids is 1. The van der Waals surface area contributed by atoms with E-state index in [-0.39, 0.29) is 23.5 Å². The number of halogens is 1. The number of hydrogen-bond donors (Lipinski definition) is 0. The van der Waals surface area contributed by atoms with Gasteiger partial charge in [-0.25, -0.2) is 4.39 Å². The molecular formula is C23H22FNO4. The van der Waals surface area contributed by atoms with E-state index in [1.807, 2.05) is 13.0 Å². The van der Waals surface area contributed by atoms with Gasteiger partial charge in [0.15, 0.2) is 5.76 Å². The van der Waals surface area contributed by atoms with Crippen LogP contribution in [0.5, 0.6) is 11.5 Å². The second-order valence-corrected chi connectivity index (χ2v) is 7.78. The van der Waals surface area contributed by atoms with Crippen molar-refractivity contribution in [2.75, 3.05) is 19.9 Å². The van der Waals surface area contributed by atoms with Crippen molar-refractivity contribution in [1.29, 1.82) is 0 Å². The number of rotatable bonds is 3. The Labute approximate surface area is 168 Å². The van der Waals surface area contributed by atoms with Crippen LogP contribution in [0.1, 0.15) is 39.9 Å². The van der Waals surface area contributed by atoms with E-state index in [1.54, 1.807) is 18.2 Å². The molecule has 0 aliphatic carbocycles. The maximum absolute atomic E-state index is 13.5. The van der Waals surface area contributed by atoms with Crippen LogP contribution in [0.2, 0.25) is 0 Å². The highest BCUT2D eigenvalue weighted by Gasteiger charge is 2.34. The minimum Gasteiger partial charge on any atom is -0.477 e. The van der Waals surface area contributed by atoms with Gasteiger partial charge in [0.05, 0.1) is 11.7 Å². The first-order chi connectivity index (χ1) is 14.1. The topological polar surface area (TPSA) is 48.0 Å². The van der Waals surface area contributed by atoms with E-state index in [0.29, 0.717) is 30.2 Å². The molecule has 3 heterocycles. The van der Waals surface area contributed by atoms with Gasteiger partial charge < -0.3 is 14.2 Å². The zero-order chi connectivity index (χ0) is 20.0. The van der Waals surface area contributed by atoms with Gasteiger partial charge in [0, 0.05) is 30.8 Å². The van der Waals surface area contributed by atoms with Crippen molar-refractivity contribution in [1.82, 2.24) is 4.90 Å². The van der Waals surface area contributed by atoms with Crippen molar-refractivity contribution in [3.8, 4) is 11.5 Å². The molecule has 0 aromatic heterocycles. The molecule has 0 saturated carbocycles. The van der Waals surface area contributed by atoms with Crippen molar-refractivity contribution in [3.63, 3.8) is 0 Å². The number of allylic oxidation sites excluding steroid dienone is 1. The second kappa shape index (κ2) is 7.28. The lowest BCUT2D eigenvalue weighted by Crippen LogP contribution is -2.37. The predicted molar refractivity (Wildman–Crippen MR) is 105 cm³/mol. The number of hydrogen-bond acceptors (Lipinski definition) is 5. The summed E-state index contributed by atoms with van der Waals surface area (Å²) >= 11 is 0. The van der Waals surface area contributed by atoms with Gasteiger partial charge in [-0.1, -0.05) is 12.1 Å². The van der Waals surface area contributed by atoms with Gasteiger partial charge in [-0.2, -0.15) is 0 Å². The third-order valence-corrected chi connectivity index (χ3v) is 5.63. The van der Waals surface area contributed by atoms with Gasteiger partial charge in [0.25, 0.3) is 0 Å². The van der Waals surface area contributed by atoms with Gasteiger partial charge in [-0.3, -0.25) is 9.69 Å². The van der Waals surface area contributed by atoms with Gasteiger partial charge >= 0.3 is 0 Å². The van der Waals surface area contributed by atoms with Crippen molar-refractivity contribution in [2.24, 2.45) is 0 Å². The van der Waals surface area contributed by atoms with E-state index in [2.05, 4.69) is 4.90 Å². The molecule has 1 fully saturated rings. The molecule has 0 bridgehead atoms. The normalized spacial score (nSPS) is 22.3. The standard InChI is InChI=1S/C23H22FNO4/c1-14-22-16(11-25(13-28-22)12-18-6-3-7-27-18)10-19-21(26)20(29-23(14)19)9-15-4-2-5-17(24)8-15/h2,4-5,8-10,18H,3,6-7,11-13H2,1H3/b20-9-. The molecule has 2 aromatic rings. The molecule has 0 spiro atoms. The molecule has 1 atom stereocenters. The van der Waals surface area contributed by atoms with E-state index in [4.69, 9.17) is 14.2 Å². The summed E-state index contributed by atoms with van der Waals surface area (Å²) in [6.45, 7) is 4.76. The number of carbonyl (C=O) groups is 1. The molecular weight excluding hydrogens is 373 g/mol. The smallest absolute Gasteiger partial charge is 0.231 e. The Balaban J connectivity index is 1.42. The summed E-state index contributed by atoms with van der Waals surface area (Å²) in [6.07, 6.45) is 4.01. The monoisotopic (exact) mass is 395 g/mol. The number of nitrogens with zero attached hydrogens (tertiary/aromatic N) is 1. The van der Waals surface area contributed by atoms with E-state index in [0.717, 1.165) is 42.9 Å². The van der Waals surface area contributed by atoms with Crippen LogP contribution in [0.15, 0.2) is 36.1 Å². The van der Waals surface area contributed by atoms with Crippen LogP contribution in [0, 0.1) is 12.7 Å². The van der Waals surface area contributed by atoms with Gasteiger partial charge in [0.2, 0.25) is 5.78 Å². The molecule has 0 N–H and O–H groups in total. The quantitative estimate of drug-likeness (QED) is 0.733. The third kappa shape index (κ3) is 3.43. The molecule has 5 rings (SSSR count). The number of ketones is 1. The van der Waals surface area contributed by atoms with Crippen LogP contribution < -0.4 is 9.47 Å². The molecule has 6 heteroatoms. The zero-order valence-corrected chi connectivity index (χ0v) is 16.2. The first-order valence-electron chi connectivity index (χ1n) is 9.91. The molecule has 150 valence electrons. The largest absolute Gasteiger partial charge is 0.477 e. The first kappa shape index (κ1) is 18.3. The highest BCUT2D eigenvalue weighted by molar-refractivity contribution is 6.15. The van der Waals surface area contributed by atoms with Crippen LogP contribution in [0.25, 0.3) is 6.08 Å². The van der Waals surface area contributed by atoms with Gasteiger partial charge in [0.1, 0.15) is 24.0 Å².